The van der Waals surface area contributed by atoms with Crippen LogP contribution in [0.15, 0.2) is 0 Å². The van der Waals surface area contributed by atoms with Crippen molar-refractivity contribution >= 4 is 11.9 Å². The number of nitrogens with two attached hydrogens (primary N) is 1. The van der Waals surface area contributed by atoms with E-state index in [1.807, 2.05) is 0 Å². The average Bonchev–Trinajstić information content (AvgIpc) is 1.92. The van der Waals surface area contributed by atoms with E-state index in [2.05, 4.69) is 0 Å². The highest BCUT2D eigenvalue weighted by Gasteiger charge is 2.63. The number of aliphatic carboxylic acids is 2. The summed E-state index contributed by atoms with van der Waals surface area (Å²) >= 11 is 0. The average molecular weight is 199 g/mol. The van der Waals surface area contributed by atoms with Crippen molar-refractivity contribution in [3.63, 3.8) is 0 Å². The second kappa shape index (κ2) is 2.48. The summed E-state index contributed by atoms with van der Waals surface area (Å²) in [6, 6.07) is 0. The minimum atomic E-state index is -1.09. The molecule has 2 aliphatic rings. The maximum absolute atomic E-state index is 10.7. The van der Waals surface area contributed by atoms with Crippen LogP contribution in [0.3, 0.4) is 0 Å². The third kappa shape index (κ3) is 1.12. The van der Waals surface area contributed by atoms with Crippen LogP contribution >= 0.6 is 0 Å². The zero-order valence-corrected chi connectivity index (χ0v) is 7.69. The first-order chi connectivity index (χ1) is 6.37. The molecule has 0 aromatic rings. The second-order valence-corrected chi connectivity index (χ2v) is 4.76. The Hall–Kier alpha value is -1.10. The first kappa shape index (κ1) is 9.45. The largest absolute Gasteiger partial charge is 0.481 e. The van der Waals surface area contributed by atoms with E-state index in [4.69, 9.17) is 15.9 Å². The fourth-order valence-corrected chi connectivity index (χ4v) is 2.89. The minimum Gasteiger partial charge on any atom is -0.481 e. The molecule has 78 valence electrons. The van der Waals surface area contributed by atoms with Gasteiger partial charge in [0, 0.05) is 0 Å². The molecule has 0 saturated heterocycles. The van der Waals surface area contributed by atoms with Gasteiger partial charge in [-0.15, -0.1) is 0 Å². The SMILES string of the molecule is NC1(C(=O)O)CC2(CC(C(=O)O)C2)C1. The quantitative estimate of drug-likeness (QED) is 0.583. The van der Waals surface area contributed by atoms with Crippen LogP contribution in [0.25, 0.3) is 0 Å². The van der Waals surface area contributed by atoms with Gasteiger partial charge in [-0.2, -0.15) is 0 Å². The molecule has 2 aliphatic carbocycles. The smallest absolute Gasteiger partial charge is 0.323 e. The van der Waals surface area contributed by atoms with Gasteiger partial charge in [-0.25, -0.2) is 0 Å². The Morgan fingerprint density at radius 3 is 2.07 bits per heavy atom. The fourth-order valence-electron chi connectivity index (χ4n) is 2.89. The zero-order chi connectivity index (χ0) is 10.6. The topological polar surface area (TPSA) is 101 Å². The van der Waals surface area contributed by atoms with Gasteiger partial charge in [0.15, 0.2) is 0 Å². The van der Waals surface area contributed by atoms with Crippen LogP contribution < -0.4 is 5.73 Å². The third-order valence-electron chi connectivity index (χ3n) is 3.51. The molecule has 0 unspecified atom stereocenters. The predicted molar refractivity (Wildman–Crippen MR) is 46.6 cm³/mol. The van der Waals surface area contributed by atoms with E-state index in [0.29, 0.717) is 25.7 Å². The van der Waals surface area contributed by atoms with Crippen LogP contribution in [-0.4, -0.2) is 27.7 Å². The molecule has 0 aromatic carbocycles. The maximum atomic E-state index is 10.7. The molecule has 4 N–H and O–H groups in total. The number of rotatable bonds is 2. The molecule has 2 fully saturated rings. The summed E-state index contributed by atoms with van der Waals surface area (Å²) in [5.74, 6) is -2.03. The van der Waals surface area contributed by atoms with Gasteiger partial charge >= 0.3 is 11.9 Å². The molecule has 2 saturated carbocycles. The Morgan fingerprint density at radius 2 is 1.71 bits per heavy atom. The van der Waals surface area contributed by atoms with Gasteiger partial charge in [0.2, 0.25) is 0 Å². The highest BCUT2D eigenvalue weighted by molar-refractivity contribution is 5.81. The highest BCUT2D eigenvalue weighted by atomic mass is 16.4. The molecule has 0 heterocycles. The van der Waals surface area contributed by atoms with Crippen LogP contribution in [-0.2, 0) is 9.59 Å². The van der Waals surface area contributed by atoms with Crippen molar-refractivity contribution in [1.29, 1.82) is 0 Å². The van der Waals surface area contributed by atoms with Crippen molar-refractivity contribution in [3.8, 4) is 0 Å². The van der Waals surface area contributed by atoms with Crippen LogP contribution in [0.1, 0.15) is 25.7 Å². The molecule has 0 atom stereocenters. The van der Waals surface area contributed by atoms with Crippen molar-refractivity contribution in [2.45, 2.75) is 31.2 Å². The minimum absolute atomic E-state index is 0.0732. The van der Waals surface area contributed by atoms with Gasteiger partial charge in [0.1, 0.15) is 5.54 Å². The number of carboxylic acid groups (broad SMARTS) is 2. The van der Waals surface area contributed by atoms with Crippen LogP contribution in [0.5, 0.6) is 0 Å². The van der Waals surface area contributed by atoms with Crippen molar-refractivity contribution in [2.24, 2.45) is 17.1 Å². The zero-order valence-electron chi connectivity index (χ0n) is 7.69. The van der Waals surface area contributed by atoms with E-state index in [-0.39, 0.29) is 11.3 Å². The van der Waals surface area contributed by atoms with Crippen LogP contribution in [0.2, 0.25) is 0 Å². The Balaban J connectivity index is 1.91. The maximum Gasteiger partial charge on any atom is 0.323 e. The number of carbonyl (C=O) groups is 2. The van der Waals surface area contributed by atoms with Crippen LogP contribution in [0.4, 0.5) is 0 Å². The molecule has 14 heavy (non-hydrogen) atoms. The van der Waals surface area contributed by atoms with E-state index in [9.17, 15) is 9.59 Å². The molecule has 1 spiro atoms. The lowest BCUT2D eigenvalue weighted by Gasteiger charge is -2.59. The van der Waals surface area contributed by atoms with Gasteiger partial charge in [-0.1, -0.05) is 0 Å². The summed E-state index contributed by atoms with van der Waals surface area (Å²) in [5, 5.41) is 17.5. The van der Waals surface area contributed by atoms with Gasteiger partial charge in [-0.05, 0) is 31.1 Å². The summed E-state index contributed by atoms with van der Waals surface area (Å²) in [6.45, 7) is 0. The number of carboxylic acids is 2. The van der Waals surface area contributed by atoms with Gasteiger partial charge in [-0.3, -0.25) is 9.59 Å². The first-order valence-corrected chi connectivity index (χ1v) is 4.62. The van der Waals surface area contributed by atoms with Gasteiger partial charge in [0.05, 0.1) is 5.92 Å². The first-order valence-electron chi connectivity index (χ1n) is 4.62. The van der Waals surface area contributed by atoms with Crippen molar-refractivity contribution in [1.82, 2.24) is 0 Å². The Labute approximate surface area is 80.9 Å². The molecule has 0 aliphatic heterocycles. The Bertz CT molecular complexity index is 298. The van der Waals surface area contributed by atoms with Crippen molar-refractivity contribution in [2.75, 3.05) is 0 Å². The third-order valence-corrected chi connectivity index (χ3v) is 3.51. The number of hydrogen-bond donors (Lipinski definition) is 3. The van der Waals surface area contributed by atoms with E-state index in [1.54, 1.807) is 0 Å². The summed E-state index contributed by atoms with van der Waals surface area (Å²) in [4.78, 5) is 21.3. The summed E-state index contributed by atoms with van der Waals surface area (Å²) < 4.78 is 0. The molecule has 0 amide bonds. The molecule has 5 nitrogen and oxygen atoms in total. The lowest BCUT2D eigenvalue weighted by molar-refractivity contribution is -0.171. The molecule has 2 rings (SSSR count). The lowest BCUT2D eigenvalue weighted by Crippen LogP contribution is -2.66. The normalized spacial score (nSPS) is 45.4. The van der Waals surface area contributed by atoms with Gasteiger partial charge in [0.25, 0.3) is 0 Å². The van der Waals surface area contributed by atoms with Gasteiger partial charge < -0.3 is 15.9 Å². The van der Waals surface area contributed by atoms with Crippen LogP contribution in [0, 0.1) is 11.3 Å². The summed E-state index contributed by atoms with van der Waals surface area (Å²) in [7, 11) is 0. The van der Waals surface area contributed by atoms with E-state index >= 15 is 0 Å². The van der Waals surface area contributed by atoms with E-state index < -0.39 is 17.5 Å². The molecule has 0 bridgehead atoms. The lowest BCUT2D eigenvalue weighted by atomic mass is 9.45. The second-order valence-electron chi connectivity index (χ2n) is 4.76. The van der Waals surface area contributed by atoms with E-state index in [1.165, 1.54) is 0 Å². The Morgan fingerprint density at radius 1 is 1.21 bits per heavy atom. The predicted octanol–water partition coefficient (Wildman–Crippen LogP) is 0.0433. The Kier molecular flexibility index (Phi) is 1.67. The molecule has 0 aromatic heterocycles. The standard InChI is InChI=1S/C9H13NO4/c10-9(7(13)14)3-8(4-9)1-5(2-8)6(11)12/h5H,1-4,10H2,(H,11,12)(H,13,14). The van der Waals surface area contributed by atoms with Crippen molar-refractivity contribution in [3.05, 3.63) is 0 Å². The molecule has 5 heteroatoms. The fraction of sp³-hybridized carbons (Fsp3) is 0.778. The summed E-state index contributed by atoms with van der Waals surface area (Å²) in [6.07, 6.45) is 2.04. The van der Waals surface area contributed by atoms with Crippen molar-refractivity contribution < 1.29 is 19.8 Å². The molecular weight excluding hydrogens is 186 g/mol. The summed E-state index contributed by atoms with van der Waals surface area (Å²) in [5.41, 5.74) is 4.44. The molecular formula is C9H13NO4. The van der Waals surface area contributed by atoms with E-state index in [0.717, 1.165) is 0 Å². The molecule has 0 radical (unpaired) electrons. The highest BCUT2D eigenvalue weighted by Crippen LogP contribution is 2.61. The number of hydrogen-bond acceptors (Lipinski definition) is 3. The monoisotopic (exact) mass is 199 g/mol.